The van der Waals surface area contributed by atoms with Crippen molar-refractivity contribution < 1.29 is 9.96 Å². The molecule has 2 heteroatoms. The average Bonchev–Trinajstić information content (AvgIpc) is 2.47. The summed E-state index contributed by atoms with van der Waals surface area (Å²) in [6, 6.07) is 0. The standard InChI is InChI=1S/C11H24N.H2O/c1-3-4-5-6-9-12(2)10-7-8-11-12;/h3-11H2,1-2H3;1H2/q+1;/p-1. The summed E-state index contributed by atoms with van der Waals surface area (Å²) < 4.78 is 1.36. The van der Waals surface area contributed by atoms with E-state index in [1.54, 1.807) is 0 Å². The van der Waals surface area contributed by atoms with E-state index in [2.05, 4.69) is 14.0 Å². The van der Waals surface area contributed by atoms with Crippen molar-refractivity contribution in [2.75, 3.05) is 26.7 Å². The van der Waals surface area contributed by atoms with Crippen LogP contribution in [-0.2, 0) is 0 Å². The Hall–Kier alpha value is -0.0800. The molecule has 0 spiro atoms. The minimum absolute atomic E-state index is 0. The van der Waals surface area contributed by atoms with Gasteiger partial charge in [-0.15, -0.1) is 0 Å². The SMILES string of the molecule is CCCCCC[N+]1(C)CCCC1.[OH-]. The second kappa shape index (κ2) is 6.39. The van der Waals surface area contributed by atoms with Crippen LogP contribution in [-0.4, -0.2) is 36.6 Å². The van der Waals surface area contributed by atoms with Crippen LogP contribution in [0.4, 0.5) is 0 Å². The summed E-state index contributed by atoms with van der Waals surface area (Å²) in [5.41, 5.74) is 0. The van der Waals surface area contributed by atoms with Crippen LogP contribution in [0.2, 0.25) is 0 Å². The quantitative estimate of drug-likeness (QED) is 0.480. The maximum absolute atomic E-state index is 2.43. The molecular weight excluding hydrogens is 162 g/mol. The molecule has 1 saturated heterocycles. The van der Waals surface area contributed by atoms with Crippen molar-refractivity contribution in [2.45, 2.75) is 45.4 Å². The molecule has 0 saturated carbocycles. The third-order valence-electron chi connectivity index (χ3n) is 3.20. The van der Waals surface area contributed by atoms with Gasteiger partial charge in [0.15, 0.2) is 0 Å². The van der Waals surface area contributed by atoms with Gasteiger partial charge in [0.2, 0.25) is 0 Å². The third kappa shape index (κ3) is 4.63. The van der Waals surface area contributed by atoms with Gasteiger partial charge in [-0.25, -0.2) is 0 Å². The Kier molecular flexibility index (Phi) is 6.35. The van der Waals surface area contributed by atoms with E-state index in [1.165, 1.54) is 62.6 Å². The van der Waals surface area contributed by atoms with Crippen LogP contribution < -0.4 is 0 Å². The minimum atomic E-state index is 0. The molecule has 0 atom stereocenters. The predicted octanol–water partition coefficient (Wildman–Crippen LogP) is 2.63. The number of unbranched alkanes of at least 4 members (excludes halogenated alkanes) is 3. The molecule has 0 bridgehead atoms. The number of nitrogens with zero attached hydrogens (tertiary/aromatic N) is 1. The number of likely N-dealkylation sites (tertiary alicyclic amines) is 1. The van der Waals surface area contributed by atoms with Crippen molar-refractivity contribution >= 4 is 0 Å². The lowest BCUT2D eigenvalue weighted by Gasteiger charge is -2.29. The fraction of sp³-hybridized carbons (Fsp3) is 1.00. The van der Waals surface area contributed by atoms with Crippen LogP contribution in [0.5, 0.6) is 0 Å². The van der Waals surface area contributed by atoms with Crippen LogP contribution in [0.25, 0.3) is 0 Å². The second-order valence-electron chi connectivity index (χ2n) is 4.56. The van der Waals surface area contributed by atoms with Crippen LogP contribution >= 0.6 is 0 Å². The smallest absolute Gasteiger partial charge is 0.0786 e. The van der Waals surface area contributed by atoms with Crippen molar-refractivity contribution in [3.05, 3.63) is 0 Å². The largest absolute Gasteiger partial charge is 0.870 e. The first kappa shape index (κ1) is 12.9. The number of hydrogen-bond donors (Lipinski definition) is 0. The molecule has 0 radical (unpaired) electrons. The Bertz CT molecular complexity index is 119. The number of rotatable bonds is 5. The summed E-state index contributed by atoms with van der Waals surface area (Å²) in [4.78, 5) is 0. The van der Waals surface area contributed by atoms with Gasteiger partial charge < -0.3 is 9.96 Å². The molecule has 80 valence electrons. The van der Waals surface area contributed by atoms with E-state index in [4.69, 9.17) is 0 Å². The lowest BCUT2D eigenvalue weighted by molar-refractivity contribution is -0.897. The summed E-state index contributed by atoms with van der Waals surface area (Å²) in [6.07, 6.45) is 8.62. The highest BCUT2D eigenvalue weighted by molar-refractivity contribution is 4.52. The minimum Gasteiger partial charge on any atom is -0.870 e. The topological polar surface area (TPSA) is 30.0 Å². The van der Waals surface area contributed by atoms with Gasteiger partial charge in [0.05, 0.1) is 26.7 Å². The first-order valence-electron chi connectivity index (χ1n) is 5.60. The molecule has 1 heterocycles. The predicted molar refractivity (Wildman–Crippen MR) is 56.1 cm³/mol. The second-order valence-corrected chi connectivity index (χ2v) is 4.56. The molecule has 1 aliphatic heterocycles. The summed E-state index contributed by atoms with van der Waals surface area (Å²) in [5.74, 6) is 0. The molecule has 1 fully saturated rings. The van der Waals surface area contributed by atoms with Gasteiger partial charge in [-0.3, -0.25) is 0 Å². The van der Waals surface area contributed by atoms with E-state index >= 15 is 0 Å². The maximum atomic E-state index is 2.43. The Balaban J connectivity index is 0.00000144. The van der Waals surface area contributed by atoms with Crippen molar-refractivity contribution in [1.82, 2.24) is 0 Å². The normalized spacial score (nSPS) is 19.8. The van der Waals surface area contributed by atoms with Gasteiger partial charge in [-0.1, -0.05) is 19.8 Å². The fourth-order valence-corrected chi connectivity index (χ4v) is 2.24. The molecule has 0 aliphatic carbocycles. The summed E-state index contributed by atoms with van der Waals surface area (Å²) in [6.45, 7) is 6.59. The van der Waals surface area contributed by atoms with E-state index in [1.807, 2.05) is 0 Å². The monoisotopic (exact) mass is 187 g/mol. The van der Waals surface area contributed by atoms with E-state index in [-0.39, 0.29) is 5.48 Å². The van der Waals surface area contributed by atoms with Crippen molar-refractivity contribution in [3.63, 3.8) is 0 Å². The zero-order chi connectivity index (χ0) is 8.86. The van der Waals surface area contributed by atoms with Crippen LogP contribution in [0.15, 0.2) is 0 Å². The lowest BCUT2D eigenvalue weighted by Crippen LogP contribution is -2.41. The van der Waals surface area contributed by atoms with E-state index in [0.717, 1.165) is 0 Å². The molecule has 2 nitrogen and oxygen atoms in total. The zero-order valence-electron chi connectivity index (χ0n) is 9.26. The highest BCUT2D eigenvalue weighted by atomic mass is 16.0. The van der Waals surface area contributed by atoms with E-state index in [0.29, 0.717) is 0 Å². The van der Waals surface area contributed by atoms with Crippen LogP contribution in [0, 0.1) is 0 Å². The van der Waals surface area contributed by atoms with E-state index in [9.17, 15) is 0 Å². The molecule has 0 amide bonds. The molecule has 0 unspecified atom stereocenters. The van der Waals surface area contributed by atoms with Gasteiger partial charge in [0.25, 0.3) is 0 Å². The first-order chi connectivity index (χ1) is 5.77. The molecular formula is C11H25NO. The average molecular weight is 187 g/mol. The Morgan fingerprint density at radius 3 is 2.15 bits per heavy atom. The summed E-state index contributed by atoms with van der Waals surface area (Å²) in [7, 11) is 2.43. The Morgan fingerprint density at radius 2 is 1.62 bits per heavy atom. The number of hydrogen-bond acceptors (Lipinski definition) is 1. The number of quaternary nitrogens is 1. The third-order valence-corrected chi connectivity index (χ3v) is 3.20. The van der Waals surface area contributed by atoms with Gasteiger partial charge in [-0.2, -0.15) is 0 Å². The molecule has 0 aromatic rings. The highest BCUT2D eigenvalue weighted by Crippen LogP contribution is 2.17. The molecule has 1 aliphatic rings. The van der Waals surface area contributed by atoms with Gasteiger partial charge in [0, 0.05) is 12.8 Å². The van der Waals surface area contributed by atoms with Crippen molar-refractivity contribution in [3.8, 4) is 0 Å². The molecule has 0 aromatic carbocycles. The summed E-state index contributed by atoms with van der Waals surface area (Å²) in [5, 5.41) is 0. The van der Waals surface area contributed by atoms with Gasteiger partial charge in [-0.05, 0) is 12.8 Å². The molecule has 1 rings (SSSR count). The molecule has 13 heavy (non-hydrogen) atoms. The summed E-state index contributed by atoms with van der Waals surface area (Å²) >= 11 is 0. The van der Waals surface area contributed by atoms with E-state index < -0.39 is 0 Å². The molecule has 1 N–H and O–H groups in total. The first-order valence-corrected chi connectivity index (χ1v) is 5.60. The zero-order valence-corrected chi connectivity index (χ0v) is 9.26. The van der Waals surface area contributed by atoms with Crippen LogP contribution in [0.3, 0.4) is 0 Å². The van der Waals surface area contributed by atoms with Crippen LogP contribution in [0.1, 0.15) is 45.4 Å². The van der Waals surface area contributed by atoms with Gasteiger partial charge in [0.1, 0.15) is 0 Å². The Labute approximate surface area is 82.8 Å². The Morgan fingerprint density at radius 1 is 1.00 bits per heavy atom. The van der Waals surface area contributed by atoms with Crippen molar-refractivity contribution in [1.29, 1.82) is 0 Å². The fourth-order valence-electron chi connectivity index (χ4n) is 2.24. The lowest BCUT2D eigenvalue weighted by atomic mass is 10.2. The van der Waals surface area contributed by atoms with Crippen molar-refractivity contribution in [2.24, 2.45) is 0 Å². The molecule has 0 aromatic heterocycles. The highest BCUT2D eigenvalue weighted by Gasteiger charge is 2.25. The van der Waals surface area contributed by atoms with Gasteiger partial charge >= 0.3 is 0 Å². The maximum Gasteiger partial charge on any atom is 0.0786 e.